The summed E-state index contributed by atoms with van der Waals surface area (Å²) >= 11 is 0. The van der Waals surface area contributed by atoms with Crippen LogP contribution < -0.4 is 11.0 Å². The van der Waals surface area contributed by atoms with Gasteiger partial charge in [-0.05, 0) is 18.7 Å². The lowest BCUT2D eigenvalue weighted by molar-refractivity contribution is 0.443. The Kier molecular flexibility index (Phi) is 4.41. The molecule has 0 spiro atoms. The number of rotatable bonds is 5. The van der Waals surface area contributed by atoms with Crippen molar-refractivity contribution in [1.82, 2.24) is 14.9 Å². The molecule has 0 saturated carbocycles. The van der Waals surface area contributed by atoms with Gasteiger partial charge in [0.25, 0.3) is 0 Å². The molecule has 0 saturated heterocycles. The van der Waals surface area contributed by atoms with Gasteiger partial charge in [-0.2, -0.15) is 0 Å². The lowest BCUT2D eigenvalue weighted by Crippen LogP contribution is -2.31. The molecule has 0 radical (unpaired) electrons. The summed E-state index contributed by atoms with van der Waals surface area (Å²) in [4.78, 5) is 15.3. The van der Waals surface area contributed by atoms with Crippen molar-refractivity contribution in [3.63, 3.8) is 0 Å². The van der Waals surface area contributed by atoms with E-state index in [4.69, 9.17) is 0 Å². The molecule has 1 aromatic carbocycles. The van der Waals surface area contributed by atoms with Crippen molar-refractivity contribution < 1.29 is 4.39 Å². The Morgan fingerprint density at radius 3 is 2.84 bits per heavy atom. The second-order valence-corrected chi connectivity index (χ2v) is 4.19. The summed E-state index contributed by atoms with van der Waals surface area (Å²) in [7, 11) is 0. The largest absolute Gasteiger partial charge is 0.347 e. The minimum atomic E-state index is -0.332. The van der Waals surface area contributed by atoms with Crippen molar-refractivity contribution in [1.29, 1.82) is 0 Å². The Balaban J connectivity index is 2.29. The van der Waals surface area contributed by atoms with Gasteiger partial charge >= 0.3 is 5.69 Å². The van der Waals surface area contributed by atoms with Crippen molar-refractivity contribution in [3.05, 3.63) is 64.6 Å². The van der Waals surface area contributed by atoms with E-state index in [9.17, 15) is 9.18 Å². The molecule has 1 unspecified atom stereocenters. The van der Waals surface area contributed by atoms with Crippen molar-refractivity contribution in [2.75, 3.05) is 6.54 Å². The van der Waals surface area contributed by atoms with Gasteiger partial charge in [0, 0.05) is 24.5 Å². The fraction of sp³-hybridized carbons (Fsp3) is 0.286. The molecule has 1 N–H and O–H groups in total. The molecule has 0 bridgehead atoms. The summed E-state index contributed by atoms with van der Waals surface area (Å²) in [6.45, 7) is 2.98. The predicted molar refractivity (Wildman–Crippen MR) is 71.3 cm³/mol. The van der Waals surface area contributed by atoms with Gasteiger partial charge < -0.3 is 5.32 Å². The molecule has 2 rings (SSSR count). The first kappa shape index (κ1) is 13.4. The number of nitrogens with zero attached hydrogens (tertiary/aromatic N) is 2. The molecule has 1 aromatic heterocycles. The van der Waals surface area contributed by atoms with E-state index >= 15 is 0 Å². The van der Waals surface area contributed by atoms with Gasteiger partial charge in [0.1, 0.15) is 5.82 Å². The molecule has 0 aliphatic carbocycles. The zero-order chi connectivity index (χ0) is 13.7. The summed E-state index contributed by atoms with van der Waals surface area (Å²) in [6.07, 6.45) is 3.10. The van der Waals surface area contributed by atoms with Crippen molar-refractivity contribution >= 4 is 0 Å². The highest BCUT2D eigenvalue weighted by molar-refractivity contribution is 5.21. The Morgan fingerprint density at radius 2 is 2.16 bits per heavy atom. The van der Waals surface area contributed by atoms with E-state index in [2.05, 4.69) is 10.3 Å². The average Bonchev–Trinajstić information content (AvgIpc) is 2.41. The van der Waals surface area contributed by atoms with Crippen LogP contribution in [0.25, 0.3) is 0 Å². The third-order valence-corrected chi connectivity index (χ3v) is 2.89. The maximum absolute atomic E-state index is 13.8. The second-order valence-electron chi connectivity index (χ2n) is 4.19. The minimum Gasteiger partial charge on any atom is -0.309 e. The van der Waals surface area contributed by atoms with Crippen LogP contribution in [0.3, 0.4) is 0 Å². The molecule has 0 aliphatic heterocycles. The van der Waals surface area contributed by atoms with E-state index in [-0.39, 0.29) is 17.5 Å². The number of hydrogen-bond acceptors (Lipinski definition) is 3. The lowest BCUT2D eigenvalue weighted by atomic mass is 10.1. The van der Waals surface area contributed by atoms with Gasteiger partial charge in [-0.25, -0.2) is 14.2 Å². The molecular formula is C14H16FN3O. The molecule has 2 aromatic rings. The number of nitrogens with one attached hydrogen (secondary N) is 1. The SMILES string of the molecule is CCNC(Cn1cccnc1=O)c1ccccc1F. The first-order valence-corrected chi connectivity index (χ1v) is 6.21. The topological polar surface area (TPSA) is 46.9 Å². The highest BCUT2D eigenvalue weighted by Gasteiger charge is 2.15. The molecule has 5 heteroatoms. The van der Waals surface area contributed by atoms with Gasteiger partial charge in [-0.3, -0.25) is 4.57 Å². The smallest absolute Gasteiger partial charge is 0.309 e. The third kappa shape index (κ3) is 3.26. The minimum absolute atomic E-state index is 0.256. The fourth-order valence-electron chi connectivity index (χ4n) is 2.00. The number of benzene rings is 1. The van der Waals surface area contributed by atoms with Crippen LogP contribution in [0, 0.1) is 5.82 Å². The van der Waals surface area contributed by atoms with E-state index in [1.54, 1.807) is 30.5 Å². The van der Waals surface area contributed by atoms with E-state index in [0.717, 1.165) is 0 Å². The predicted octanol–water partition coefficient (Wildman–Crippen LogP) is 1.73. The van der Waals surface area contributed by atoms with Gasteiger partial charge in [0.2, 0.25) is 0 Å². The van der Waals surface area contributed by atoms with E-state index in [1.165, 1.54) is 16.8 Å². The Labute approximate surface area is 110 Å². The number of likely N-dealkylation sites (N-methyl/N-ethyl adjacent to an activating group) is 1. The number of halogens is 1. The quantitative estimate of drug-likeness (QED) is 0.891. The van der Waals surface area contributed by atoms with Gasteiger partial charge in [0.05, 0.1) is 6.04 Å². The van der Waals surface area contributed by atoms with Crippen molar-refractivity contribution in [2.45, 2.75) is 19.5 Å². The monoisotopic (exact) mass is 261 g/mol. The van der Waals surface area contributed by atoms with Crippen LogP contribution in [0.2, 0.25) is 0 Å². The van der Waals surface area contributed by atoms with Gasteiger partial charge in [0.15, 0.2) is 0 Å². The standard InChI is InChI=1S/C14H16FN3O/c1-2-16-13(11-6-3-4-7-12(11)15)10-18-9-5-8-17-14(18)19/h3-9,13,16H,2,10H2,1H3. The van der Waals surface area contributed by atoms with Crippen LogP contribution in [-0.2, 0) is 6.54 Å². The molecule has 0 aliphatic rings. The van der Waals surface area contributed by atoms with E-state index in [0.29, 0.717) is 18.7 Å². The Hall–Kier alpha value is -2.01. The van der Waals surface area contributed by atoms with Crippen LogP contribution in [-0.4, -0.2) is 16.1 Å². The molecule has 0 amide bonds. The molecule has 100 valence electrons. The molecule has 1 heterocycles. The highest BCUT2D eigenvalue weighted by atomic mass is 19.1. The van der Waals surface area contributed by atoms with Crippen molar-refractivity contribution in [2.24, 2.45) is 0 Å². The molecule has 0 fully saturated rings. The first-order valence-electron chi connectivity index (χ1n) is 6.21. The van der Waals surface area contributed by atoms with Crippen LogP contribution in [0.15, 0.2) is 47.5 Å². The number of aromatic nitrogens is 2. The van der Waals surface area contributed by atoms with Crippen LogP contribution in [0.1, 0.15) is 18.5 Å². The van der Waals surface area contributed by atoms with Crippen molar-refractivity contribution in [3.8, 4) is 0 Å². The van der Waals surface area contributed by atoms with Gasteiger partial charge in [-0.15, -0.1) is 0 Å². The summed E-state index contributed by atoms with van der Waals surface area (Å²) in [5, 5.41) is 3.19. The Bertz CT molecular complexity index is 597. The maximum atomic E-state index is 13.8. The molecular weight excluding hydrogens is 245 g/mol. The molecule has 1 atom stereocenters. The first-order chi connectivity index (χ1) is 9.22. The Morgan fingerprint density at radius 1 is 1.37 bits per heavy atom. The molecule has 19 heavy (non-hydrogen) atoms. The summed E-state index contributed by atoms with van der Waals surface area (Å²) in [5.74, 6) is -0.273. The second kappa shape index (κ2) is 6.24. The van der Waals surface area contributed by atoms with Crippen LogP contribution in [0.4, 0.5) is 4.39 Å². The average molecular weight is 261 g/mol. The lowest BCUT2D eigenvalue weighted by Gasteiger charge is -2.19. The van der Waals surface area contributed by atoms with Gasteiger partial charge in [-0.1, -0.05) is 25.1 Å². The normalized spacial score (nSPS) is 12.3. The molecule has 4 nitrogen and oxygen atoms in total. The third-order valence-electron chi connectivity index (χ3n) is 2.89. The summed E-state index contributed by atoms with van der Waals surface area (Å²) in [6, 6.07) is 8.02. The summed E-state index contributed by atoms with van der Waals surface area (Å²) < 4.78 is 15.3. The zero-order valence-corrected chi connectivity index (χ0v) is 10.7. The maximum Gasteiger partial charge on any atom is 0.347 e. The number of hydrogen-bond donors (Lipinski definition) is 1. The van der Waals surface area contributed by atoms with Crippen LogP contribution >= 0.6 is 0 Å². The van der Waals surface area contributed by atoms with E-state index < -0.39 is 0 Å². The highest BCUT2D eigenvalue weighted by Crippen LogP contribution is 2.17. The van der Waals surface area contributed by atoms with E-state index in [1.807, 2.05) is 6.92 Å². The van der Waals surface area contributed by atoms with Crippen LogP contribution in [0.5, 0.6) is 0 Å². The zero-order valence-electron chi connectivity index (χ0n) is 10.7. The summed E-state index contributed by atoms with van der Waals surface area (Å²) in [5.41, 5.74) is 0.224. The fourth-order valence-corrected chi connectivity index (χ4v) is 2.00.